The molecule has 0 spiro atoms. The van der Waals surface area contributed by atoms with Crippen molar-refractivity contribution >= 4 is 17.0 Å². The number of H-pyrrole nitrogens is 1. The average Bonchev–Trinajstić information content (AvgIpc) is 2.67. The standard InChI is InChI=1S/C14H17N3O2/c1-9-15-11-5-4-10(8-12(11)16-9)13(17(2)3)6-7-14(18)19/h4-8,13H,1-3H3,(H,15,16)(H,18,19)/b7-6+. The number of carbonyl (C=O) groups is 1. The van der Waals surface area contributed by atoms with Crippen molar-refractivity contribution in [1.29, 1.82) is 0 Å². The van der Waals surface area contributed by atoms with Crippen LogP contribution < -0.4 is 0 Å². The Kier molecular flexibility index (Phi) is 3.66. The third-order valence-electron chi connectivity index (χ3n) is 2.94. The van der Waals surface area contributed by atoms with Gasteiger partial charge >= 0.3 is 5.97 Å². The van der Waals surface area contributed by atoms with Crippen LogP contribution in [0.2, 0.25) is 0 Å². The van der Waals surface area contributed by atoms with Crippen LogP contribution in [0.1, 0.15) is 17.4 Å². The lowest BCUT2D eigenvalue weighted by Crippen LogP contribution is -2.18. The molecule has 0 amide bonds. The molecule has 0 aliphatic rings. The molecule has 2 aromatic rings. The first-order valence-corrected chi connectivity index (χ1v) is 6.01. The van der Waals surface area contributed by atoms with E-state index in [0.29, 0.717) is 0 Å². The van der Waals surface area contributed by atoms with Gasteiger partial charge < -0.3 is 10.1 Å². The minimum atomic E-state index is -0.940. The number of aromatic amines is 1. The predicted octanol–water partition coefficient (Wildman–Crippen LogP) is 2.11. The molecule has 2 rings (SSSR count). The maximum Gasteiger partial charge on any atom is 0.328 e. The minimum absolute atomic E-state index is 0.0795. The highest BCUT2D eigenvalue weighted by molar-refractivity contribution is 5.80. The van der Waals surface area contributed by atoms with Gasteiger partial charge in [0.25, 0.3) is 0 Å². The summed E-state index contributed by atoms with van der Waals surface area (Å²) in [5, 5.41) is 8.74. The molecule has 1 atom stereocenters. The van der Waals surface area contributed by atoms with E-state index in [1.807, 2.05) is 44.1 Å². The zero-order valence-electron chi connectivity index (χ0n) is 11.2. The number of hydrogen-bond acceptors (Lipinski definition) is 3. The Labute approximate surface area is 111 Å². The molecular weight excluding hydrogens is 242 g/mol. The van der Waals surface area contributed by atoms with Crippen LogP contribution in [0.4, 0.5) is 0 Å². The summed E-state index contributed by atoms with van der Waals surface area (Å²) < 4.78 is 0. The second-order valence-electron chi connectivity index (χ2n) is 4.70. The van der Waals surface area contributed by atoms with Gasteiger partial charge in [0, 0.05) is 6.08 Å². The number of rotatable bonds is 4. The van der Waals surface area contributed by atoms with Crippen LogP contribution in [-0.4, -0.2) is 40.0 Å². The van der Waals surface area contributed by atoms with Gasteiger partial charge in [0.15, 0.2) is 0 Å². The van der Waals surface area contributed by atoms with Gasteiger partial charge in [0.1, 0.15) is 5.82 Å². The number of carboxylic acids is 1. The number of hydrogen-bond donors (Lipinski definition) is 2. The number of aryl methyl sites for hydroxylation is 1. The third-order valence-corrected chi connectivity index (χ3v) is 2.94. The Morgan fingerprint density at radius 2 is 2.21 bits per heavy atom. The van der Waals surface area contributed by atoms with Crippen LogP contribution in [0.25, 0.3) is 11.0 Å². The minimum Gasteiger partial charge on any atom is -0.478 e. The first-order chi connectivity index (χ1) is 8.97. The van der Waals surface area contributed by atoms with Gasteiger partial charge in [-0.3, -0.25) is 4.90 Å². The monoisotopic (exact) mass is 259 g/mol. The molecule has 1 heterocycles. The summed E-state index contributed by atoms with van der Waals surface area (Å²) in [7, 11) is 3.83. The number of likely N-dealkylation sites (N-methyl/N-ethyl adjacent to an activating group) is 1. The maximum absolute atomic E-state index is 10.7. The number of benzene rings is 1. The van der Waals surface area contributed by atoms with Crippen LogP contribution in [0.3, 0.4) is 0 Å². The van der Waals surface area contributed by atoms with E-state index >= 15 is 0 Å². The quantitative estimate of drug-likeness (QED) is 0.825. The number of aromatic nitrogens is 2. The summed E-state index contributed by atoms with van der Waals surface area (Å²) in [4.78, 5) is 20.2. The highest BCUT2D eigenvalue weighted by Crippen LogP contribution is 2.23. The van der Waals surface area contributed by atoms with Gasteiger partial charge in [-0.05, 0) is 38.7 Å². The van der Waals surface area contributed by atoms with Crippen LogP contribution in [-0.2, 0) is 4.79 Å². The van der Waals surface area contributed by atoms with Crippen molar-refractivity contribution in [2.24, 2.45) is 0 Å². The van der Waals surface area contributed by atoms with Crippen molar-refractivity contribution in [3.63, 3.8) is 0 Å². The molecule has 1 unspecified atom stereocenters. The molecule has 5 heteroatoms. The van der Waals surface area contributed by atoms with Crippen molar-refractivity contribution in [1.82, 2.24) is 14.9 Å². The third kappa shape index (κ3) is 3.00. The number of aliphatic carboxylic acids is 1. The van der Waals surface area contributed by atoms with Crippen molar-refractivity contribution in [3.8, 4) is 0 Å². The van der Waals surface area contributed by atoms with Gasteiger partial charge in [0.05, 0.1) is 17.1 Å². The molecule has 19 heavy (non-hydrogen) atoms. The summed E-state index contributed by atoms with van der Waals surface area (Å²) in [6, 6.07) is 5.84. The summed E-state index contributed by atoms with van der Waals surface area (Å²) in [5.74, 6) is -0.0695. The second-order valence-corrected chi connectivity index (χ2v) is 4.70. The first kappa shape index (κ1) is 13.3. The molecule has 0 saturated heterocycles. The number of nitrogens with zero attached hydrogens (tertiary/aromatic N) is 2. The number of fused-ring (bicyclic) bond motifs is 1. The zero-order chi connectivity index (χ0) is 14.0. The zero-order valence-corrected chi connectivity index (χ0v) is 11.2. The fourth-order valence-electron chi connectivity index (χ4n) is 2.09. The van der Waals surface area contributed by atoms with Crippen molar-refractivity contribution in [2.75, 3.05) is 14.1 Å². The molecule has 5 nitrogen and oxygen atoms in total. The van der Waals surface area contributed by atoms with Crippen molar-refractivity contribution in [3.05, 3.63) is 41.7 Å². The summed E-state index contributed by atoms with van der Waals surface area (Å²) in [5.41, 5.74) is 2.91. The van der Waals surface area contributed by atoms with E-state index in [-0.39, 0.29) is 6.04 Å². The molecule has 100 valence electrons. The van der Waals surface area contributed by atoms with Crippen LogP contribution in [0.15, 0.2) is 30.4 Å². The van der Waals surface area contributed by atoms with E-state index in [1.54, 1.807) is 6.08 Å². The molecule has 0 saturated carbocycles. The largest absolute Gasteiger partial charge is 0.478 e. The Morgan fingerprint density at radius 3 is 2.84 bits per heavy atom. The average molecular weight is 259 g/mol. The number of nitrogens with one attached hydrogen (secondary N) is 1. The van der Waals surface area contributed by atoms with Gasteiger partial charge in [-0.2, -0.15) is 0 Å². The van der Waals surface area contributed by atoms with E-state index in [2.05, 4.69) is 9.97 Å². The topological polar surface area (TPSA) is 69.2 Å². The van der Waals surface area contributed by atoms with E-state index in [0.717, 1.165) is 22.4 Å². The van der Waals surface area contributed by atoms with Crippen molar-refractivity contribution < 1.29 is 9.90 Å². The van der Waals surface area contributed by atoms with Crippen LogP contribution in [0.5, 0.6) is 0 Å². The van der Waals surface area contributed by atoms with Gasteiger partial charge in [-0.15, -0.1) is 0 Å². The summed E-state index contributed by atoms with van der Waals surface area (Å²) in [6.07, 6.45) is 2.85. The van der Waals surface area contributed by atoms with E-state index < -0.39 is 5.97 Å². The molecule has 0 aliphatic heterocycles. The van der Waals surface area contributed by atoms with Gasteiger partial charge in [-0.1, -0.05) is 12.1 Å². The molecule has 0 radical (unpaired) electrons. The Hall–Kier alpha value is -2.14. The highest BCUT2D eigenvalue weighted by Gasteiger charge is 2.12. The molecule has 1 aromatic heterocycles. The summed E-state index contributed by atoms with van der Waals surface area (Å²) in [6.45, 7) is 1.91. The lowest BCUT2D eigenvalue weighted by Gasteiger charge is -2.21. The van der Waals surface area contributed by atoms with Gasteiger partial charge in [-0.25, -0.2) is 9.78 Å². The fraction of sp³-hybridized carbons (Fsp3) is 0.286. The normalized spacial score (nSPS) is 13.5. The molecule has 2 N–H and O–H groups in total. The SMILES string of the molecule is Cc1nc2ccc(C(/C=C/C(=O)O)N(C)C)cc2[nH]1. The summed E-state index contributed by atoms with van der Waals surface area (Å²) >= 11 is 0. The lowest BCUT2D eigenvalue weighted by molar-refractivity contribution is -0.131. The molecule has 0 aliphatic carbocycles. The van der Waals surface area contributed by atoms with E-state index in [9.17, 15) is 4.79 Å². The van der Waals surface area contributed by atoms with Crippen LogP contribution >= 0.6 is 0 Å². The van der Waals surface area contributed by atoms with Crippen LogP contribution in [0, 0.1) is 6.92 Å². The highest BCUT2D eigenvalue weighted by atomic mass is 16.4. The Balaban J connectivity index is 2.40. The Bertz CT molecular complexity index is 629. The van der Waals surface area contributed by atoms with Crippen molar-refractivity contribution in [2.45, 2.75) is 13.0 Å². The van der Waals surface area contributed by atoms with E-state index in [1.165, 1.54) is 6.08 Å². The Morgan fingerprint density at radius 1 is 1.47 bits per heavy atom. The molecular formula is C14H17N3O2. The number of carboxylic acid groups (broad SMARTS) is 1. The molecule has 1 aromatic carbocycles. The first-order valence-electron chi connectivity index (χ1n) is 6.01. The lowest BCUT2D eigenvalue weighted by atomic mass is 10.0. The maximum atomic E-state index is 10.7. The molecule has 0 fully saturated rings. The van der Waals surface area contributed by atoms with E-state index in [4.69, 9.17) is 5.11 Å². The van der Waals surface area contributed by atoms with Gasteiger partial charge in [0.2, 0.25) is 0 Å². The second kappa shape index (κ2) is 5.24. The smallest absolute Gasteiger partial charge is 0.328 e. The fourth-order valence-corrected chi connectivity index (χ4v) is 2.09. The molecule has 0 bridgehead atoms. The predicted molar refractivity (Wildman–Crippen MR) is 74.0 cm³/mol. The number of imidazole rings is 1.